The van der Waals surface area contributed by atoms with Gasteiger partial charge in [-0.25, -0.2) is 15.1 Å². The number of aliphatic imine (C=N–C) groups is 1. The Balaban J connectivity index is 1.74. The zero-order valence-electron chi connectivity index (χ0n) is 16.3. The first kappa shape index (κ1) is 18.6. The lowest BCUT2D eigenvalue weighted by Crippen LogP contribution is -2.55. The fourth-order valence-electron chi connectivity index (χ4n) is 4.43. The third-order valence-electron chi connectivity index (χ3n) is 5.76. The zero-order chi connectivity index (χ0) is 19.7. The van der Waals surface area contributed by atoms with Crippen LogP contribution in [-0.4, -0.2) is 29.9 Å². The molecule has 27 heavy (non-hydrogen) atoms. The summed E-state index contributed by atoms with van der Waals surface area (Å²) in [6.45, 7) is 10.1. The molecule has 2 spiro atoms. The molecule has 1 atom stereocenters. The summed E-state index contributed by atoms with van der Waals surface area (Å²) in [5.74, 6) is 0.812. The quantitative estimate of drug-likeness (QED) is 0.649. The molecule has 1 aromatic carbocycles. The number of ether oxygens (including phenoxy) is 3. The van der Waals surface area contributed by atoms with Crippen LogP contribution in [0.3, 0.4) is 0 Å². The highest BCUT2D eigenvalue weighted by Gasteiger charge is 2.73. The normalized spacial score (nSPS) is 26.7. The van der Waals surface area contributed by atoms with Crippen molar-refractivity contribution in [3.8, 4) is 5.75 Å². The van der Waals surface area contributed by atoms with Gasteiger partial charge in [-0.1, -0.05) is 15.9 Å². The third kappa shape index (κ3) is 2.82. The van der Waals surface area contributed by atoms with Crippen molar-refractivity contribution < 1.29 is 19.0 Å². The number of fused-ring (bicyclic) bond motifs is 3. The first-order valence-electron chi connectivity index (χ1n) is 9.20. The molecule has 6 nitrogen and oxygen atoms in total. The van der Waals surface area contributed by atoms with E-state index in [1.165, 1.54) is 0 Å². The molecular weight excluding hydrogens is 412 g/mol. The average molecular weight is 437 g/mol. The molecule has 2 aliphatic heterocycles. The van der Waals surface area contributed by atoms with Gasteiger partial charge in [0, 0.05) is 15.5 Å². The summed E-state index contributed by atoms with van der Waals surface area (Å²) in [5.41, 5.74) is -0.725. The second-order valence-electron chi connectivity index (χ2n) is 9.03. The Kier molecular flexibility index (Phi) is 3.87. The third-order valence-corrected chi connectivity index (χ3v) is 6.26. The summed E-state index contributed by atoms with van der Waals surface area (Å²) >= 11 is 3.56. The number of benzene rings is 1. The highest BCUT2D eigenvalue weighted by Crippen LogP contribution is 2.71. The van der Waals surface area contributed by atoms with Gasteiger partial charge in [-0.15, -0.1) is 0 Å². The van der Waals surface area contributed by atoms with Crippen LogP contribution in [0.4, 0.5) is 4.79 Å². The van der Waals surface area contributed by atoms with E-state index in [-0.39, 0.29) is 17.0 Å². The van der Waals surface area contributed by atoms with Crippen molar-refractivity contribution in [2.45, 2.75) is 64.2 Å². The minimum Gasteiger partial charge on any atom is -0.487 e. The van der Waals surface area contributed by atoms with Crippen LogP contribution in [0.2, 0.25) is 0 Å². The Morgan fingerprint density at radius 1 is 1.30 bits per heavy atom. The van der Waals surface area contributed by atoms with Crippen LogP contribution in [0, 0.1) is 5.41 Å². The standard InChI is InChI=1S/C20H25BrN2O4/c1-17(2,3)27-16(24)22-15-23-20(11-25-15)13-10-12(21)6-7-14(13)26-18(4,5)19(20)8-9-19/h6-7,10H,8-9,11H2,1-5H3,(H,22,23,24)/t20-/m0/s1. The molecule has 1 fully saturated rings. The van der Waals surface area contributed by atoms with Gasteiger partial charge >= 0.3 is 6.09 Å². The predicted molar refractivity (Wildman–Crippen MR) is 105 cm³/mol. The van der Waals surface area contributed by atoms with E-state index in [4.69, 9.17) is 19.2 Å². The predicted octanol–water partition coefficient (Wildman–Crippen LogP) is 4.51. The minimum absolute atomic E-state index is 0.162. The first-order valence-corrected chi connectivity index (χ1v) is 9.99. The van der Waals surface area contributed by atoms with Crippen LogP contribution >= 0.6 is 15.9 Å². The lowest BCUT2D eigenvalue weighted by molar-refractivity contribution is -0.0479. The van der Waals surface area contributed by atoms with Crippen molar-refractivity contribution in [2.75, 3.05) is 6.61 Å². The Bertz CT molecular complexity index is 839. The largest absolute Gasteiger partial charge is 0.487 e. The molecule has 1 amide bonds. The molecule has 1 saturated carbocycles. The van der Waals surface area contributed by atoms with Gasteiger partial charge in [0.15, 0.2) is 0 Å². The van der Waals surface area contributed by atoms with E-state index in [1.54, 1.807) is 0 Å². The van der Waals surface area contributed by atoms with Gasteiger partial charge in [0.2, 0.25) is 0 Å². The molecule has 2 heterocycles. The van der Waals surface area contributed by atoms with Crippen molar-refractivity contribution >= 4 is 28.0 Å². The second kappa shape index (κ2) is 5.63. The van der Waals surface area contributed by atoms with Crippen LogP contribution in [0.1, 0.15) is 53.0 Å². The zero-order valence-corrected chi connectivity index (χ0v) is 17.9. The van der Waals surface area contributed by atoms with Gasteiger partial charge in [0.1, 0.15) is 29.1 Å². The summed E-state index contributed by atoms with van der Waals surface area (Å²) in [4.78, 5) is 17.1. The van der Waals surface area contributed by atoms with Crippen molar-refractivity contribution in [2.24, 2.45) is 10.4 Å². The molecule has 4 rings (SSSR count). The minimum atomic E-state index is -0.587. The van der Waals surface area contributed by atoms with Gasteiger partial charge in [0.05, 0.1) is 0 Å². The van der Waals surface area contributed by atoms with E-state index in [2.05, 4.69) is 35.1 Å². The highest BCUT2D eigenvalue weighted by molar-refractivity contribution is 9.10. The summed E-state index contributed by atoms with van der Waals surface area (Å²) in [7, 11) is 0. The monoisotopic (exact) mass is 436 g/mol. The maximum atomic E-state index is 12.2. The van der Waals surface area contributed by atoms with Crippen molar-refractivity contribution in [1.29, 1.82) is 0 Å². The summed E-state index contributed by atoms with van der Waals surface area (Å²) in [5, 5.41) is 2.66. The SMILES string of the molecule is CC(C)(C)OC(=O)NC1=N[C@@]2(CO1)c1cc(Br)ccc1OC(C)(C)C21CC1. The molecule has 1 N–H and O–H groups in total. The number of hydrogen-bond acceptors (Lipinski definition) is 5. The van der Waals surface area contributed by atoms with Gasteiger partial charge < -0.3 is 14.2 Å². The van der Waals surface area contributed by atoms with Crippen LogP contribution in [-0.2, 0) is 15.0 Å². The van der Waals surface area contributed by atoms with Gasteiger partial charge in [0.25, 0.3) is 6.02 Å². The van der Waals surface area contributed by atoms with Crippen LogP contribution in [0.5, 0.6) is 5.75 Å². The molecule has 0 aromatic heterocycles. The van der Waals surface area contributed by atoms with E-state index < -0.39 is 17.2 Å². The highest BCUT2D eigenvalue weighted by atomic mass is 79.9. The maximum Gasteiger partial charge on any atom is 0.415 e. The molecule has 3 aliphatic rings. The number of alkyl carbamates (subject to hydrolysis) is 1. The van der Waals surface area contributed by atoms with Crippen LogP contribution in [0.15, 0.2) is 27.7 Å². The smallest absolute Gasteiger partial charge is 0.415 e. The molecule has 1 aliphatic carbocycles. The maximum absolute atomic E-state index is 12.2. The van der Waals surface area contributed by atoms with E-state index in [1.807, 2.05) is 39.0 Å². The lowest BCUT2D eigenvalue weighted by atomic mass is 9.66. The van der Waals surface area contributed by atoms with Crippen LogP contribution in [0.25, 0.3) is 0 Å². The van der Waals surface area contributed by atoms with E-state index in [0.717, 1.165) is 28.6 Å². The van der Waals surface area contributed by atoms with E-state index >= 15 is 0 Å². The fraction of sp³-hybridized carbons (Fsp3) is 0.600. The van der Waals surface area contributed by atoms with Gasteiger partial charge in [-0.05, 0) is 65.7 Å². The number of amidine groups is 1. The molecule has 0 saturated heterocycles. The topological polar surface area (TPSA) is 69.2 Å². The number of carbonyl (C=O) groups excluding carboxylic acids is 1. The van der Waals surface area contributed by atoms with Gasteiger partial charge in [-0.3, -0.25) is 0 Å². The number of amides is 1. The summed E-state index contributed by atoms with van der Waals surface area (Å²) in [6, 6.07) is 6.19. The molecule has 146 valence electrons. The average Bonchev–Trinajstić information content (AvgIpc) is 3.24. The number of nitrogens with one attached hydrogen (secondary N) is 1. The van der Waals surface area contributed by atoms with E-state index in [9.17, 15) is 4.79 Å². The Morgan fingerprint density at radius 3 is 2.63 bits per heavy atom. The molecule has 0 unspecified atom stereocenters. The van der Waals surface area contributed by atoms with Crippen LogP contribution < -0.4 is 10.1 Å². The first-order chi connectivity index (χ1) is 12.5. The van der Waals surface area contributed by atoms with Crippen molar-refractivity contribution in [3.05, 3.63) is 28.2 Å². The molecule has 0 bridgehead atoms. The number of hydrogen-bond donors (Lipinski definition) is 1. The van der Waals surface area contributed by atoms with Gasteiger partial charge in [-0.2, -0.15) is 0 Å². The molecule has 1 aromatic rings. The Hall–Kier alpha value is -1.76. The summed E-state index contributed by atoms with van der Waals surface area (Å²) < 4.78 is 18.5. The number of rotatable bonds is 0. The lowest BCUT2D eigenvalue weighted by Gasteiger charge is -2.49. The second-order valence-corrected chi connectivity index (χ2v) is 9.94. The molecule has 7 heteroatoms. The molecule has 0 radical (unpaired) electrons. The Labute approximate surface area is 167 Å². The van der Waals surface area contributed by atoms with Crippen molar-refractivity contribution in [3.63, 3.8) is 0 Å². The molecular formula is C20H25BrN2O4. The fourth-order valence-corrected chi connectivity index (χ4v) is 4.79. The Morgan fingerprint density at radius 2 is 2.00 bits per heavy atom. The summed E-state index contributed by atoms with van der Waals surface area (Å²) in [6.07, 6.45) is 1.43. The number of nitrogens with zero attached hydrogens (tertiary/aromatic N) is 1. The number of carbonyl (C=O) groups is 1. The van der Waals surface area contributed by atoms with Crippen molar-refractivity contribution in [1.82, 2.24) is 5.32 Å². The number of halogens is 1. The van der Waals surface area contributed by atoms with E-state index in [0.29, 0.717) is 6.61 Å².